The molecule has 0 aromatic heterocycles. The topological polar surface area (TPSA) is 38.3 Å². The molecule has 1 amide bonds. The lowest BCUT2D eigenvalue weighted by molar-refractivity contribution is -0.123. The van der Waals surface area contributed by atoms with E-state index in [1.54, 1.807) is 0 Å². The first-order chi connectivity index (χ1) is 13.0. The van der Waals surface area contributed by atoms with Crippen LogP contribution in [0.1, 0.15) is 33.9 Å². The maximum atomic E-state index is 12.6. The second-order valence-electron chi connectivity index (χ2n) is 6.93. The molecule has 0 fully saturated rings. The molecule has 3 nitrogen and oxygen atoms in total. The van der Waals surface area contributed by atoms with Gasteiger partial charge in [0.05, 0.1) is 6.04 Å². The third kappa shape index (κ3) is 5.20. The lowest BCUT2D eigenvalue weighted by atomic mass is 9.98. The van der Waals surface area contributed by atoms with Crippen molar-refractivity contribution in [2.24, 2.45) is 0 Å². The van der Waals surface area contributed by atoms with Gasteiger partial charge in [-0.25, -0.2) is 0 Å². The summed E-state index contributed by atoms with van der Waals surface area (Å²) < 4.78 is 5.71. The van der Waals surface area contributed by atoms with Crippen molar-refractivity contribution >= 4 is 5.91 Å². The number of amides is 1. The average Bonchev–Trinajstić information content (AvgIpc) is 2.65. The number of benzene rings is 3. The van der Waals surface area contributed by atoms with Crippen molar-refractivity contribution in [3.8, 4) is 5.75 Å². The van der Waals surface area contributed by atoms with Crippen LogP contribution in [0.3, 0.4) is 0 Å². The van der Waals surface area contributed by atoms with Crippen LogP contribution in [0.4, 0.5) is 0 Å². The monoisotopic (exact) mass is 359 g/mol. The third-order valence-electron chi connectivity index (χ3n) is 4.41. The summed E-state index contributed by atoms with van der Waals surface area (Å²) in [7, 11) is 0. The maximum absolute atomic E-state index is 12.6. The smallest absolute Gasteiger partial charge is 0.258 e. The van der Waals surface area contributed by atoms with E-state index in [1.807, 2.05) is 56.3 Å². The Bertz CT molecular complexity index is 881. The van der Waals surface area contributed by atoms with Gasteiger partial charge in [-0.3, -0.25) is 4.79 Å². The van der Waals surface area contributed by atoms with Crippen LogP contribution < -0.4 is 10.1 Å². The van der Waals surface area contributed by atoms with Gasteiger partial charge < -0.3 is 10.1 Å². The minimum Gasteiger partial charge on any atom is -0.484 e. The zero-order chi connectivity index (χ0) is 19.2. The first kappa shape index (κ1) is 18.7. The number of ether oxygens (including phenoxy) is 1. The normalized spacial score (nSPS) is 11.7. The molecule has 0 spiro atoms. The average molecular weight is 359 g/mol. The molecule has 0 bridgehead atoms. The SMILES string of the molecule is Cc1ccc([C@H](NC(=O)COc2cc(C)cc(C)c2)c2ccccc2)cc1. The van der Waals surface area contributed by atoms with Crippen molar-refractivity contribution in [2.45, 2.75) is 26.8 Å². The Labute approximate surface area is 161 Å². The van der Waals surface area contributed by atoms with Crippen LogP contribution in [0.2, 0.25) is 0 Å². The van der Waals surface area contributed by atoms with E-state index in [0.717, 1.165) is 22.3 Å². The molecule has 1 atom stereocenters. The Kier molecular flexibility index (Phi) is 5.92. The van der Waals surface area contributed by atoms with E-state index < -0.39 is 0 Å². The summed E-state index contributed by atoms with van der Waals surface area (Å²) >= 11 is 0. The molecule has 27 heavy (non-hydrogen) atoms. The van der Waals surface area contributed by atoms with Gasteiger partial charge in [0.15, 0.2) is 6.61 Å². The van der Waals surface area contributed by atoms with Crippen LogP contribution in [0.25, 0.3) is 0 Å². The van der Waals surface area contributed by atoms with Gasteiger partial charge in [-0.1, -0.05) is 66.2 Å². The van der Waals surface area contributed by atoms with Crippen LogP contribution in [0.5, 0.6) is 5.75 Å². The highest BCUT2D eigenvalue weighted by molar-refractivity contribution is 5.78. The number of carbonyl (C=O) groups excluding carboxylic acids is 1. The number of rotatable bonds is 6. The highest BCUT2D eigenvalue weighted by atomic mass is 16.5. The number of hydrogen-bond acceptors (Lipinski definition) is 2. The third-order valence-corrected chi connectivity index (χ3v) is 4.41. The molecular formula is C24H25NO2. The highest BCUT2D eigenvalue weighted by Crippen LogP contribution is 2.22. The molecule has 0 heterocycles. The van der Waals surface area contributed by atoms with Crippen molar-refractivity contribution in [1.29, 1.82) is 0 Å². The van der Waals surface area contributed by atoms with Gasteiger partial charge >= 0.3 is 0 Å². The van der Waals surface area contributed by atoms with Gasteiger partial charge in [-0.15, -0.1) is 0 Å². The quantitative estimate of drug-likeness (QED) is 0.680. The summed E-state index contributed by atoms with van der Waals surface area (Å²) in [6.45, 7) is 6.07. The highest BCUT2D eigenvalue weighted by Gasteiger charge is 2.17. The van der Waals surface area contributed by atoms with Crippen LogP contribution in [-0.4, -0.2) is 12.5 Å². The van der Waals surface area contributed by atoms with Gasteiger partial charge in [0.2, 0.25) is 0 Å². The predicted octanol–water partition coefficient (Wildman–Crippen LogP) is 4.90. The molecule has 3 aromatic carbocycles. The van der Waals surface area contributed by atoms with Crippen LogP contribution in [0.15, 0.2) is 72.8 Å². The second-order valence-corrected chi connectivity index (χ2v) is 6.93. The molecule has 1 N–H and O–H groups in total. The molecule has 3 rings (SSSR count). The fraction of sp³-hybridized carbons (Fsp3) is 0.208. The van der Waals surface area contributed by atoms with E-state index in [9.17, 15) is 4.79 Å². The first-order valence-electron chi connectivity index (χ1n) is 9.13. The van der Waals surface area contributed by atoms with Gasteiger partial charge in [0.25, 0.3) is 5.91 Å². The number of nitrogens with one attached hydrogen (secondary N) is 1. The lowest BCUT2D eigenvalue weighted by Crippen LogP contribution is -2.33. The Balaban J connectivity index is 1.73. The summed E-state index contributed by atoms with van der Waals surface area (Å²) in [5.41, 5.74) is 5.52. The van der Waals surface area contributed by atoms with E-state index >= 15 is 0 Å². The van der Waals surface area contributed by atoms with E-state index in [2.05, 4.69) is 42.6 Å². The molecule has 0 unspecified atom stereocenters. The maximum Gasteiger partial charge on any atom is 0.258 e. The van der Waals surface area contributed by atoms with Crippen molar-refractivity contribution in [3.63, 3.8) is 0 Å². The zero-order valence-electron chi connectivity index (χ0n) is 16.0. The van der Waals surface area contributed by atoms with Crippen LogP contribution >= 0.6 is 0 Å². The molecule has 138 valence electrons. The standard InChI is InChI=1S/C24H25NO2/c1-17-9-11-21(12-10-17)24(20-7-5-4-6-8-20)25-23(26)16-27-22-14-18(2)13-19(3)15-22/h4-15,24H,16H2,1-3H3,(H,25,26)/t24-/m1/s1. The van der Waals surface area contributed by atoms with Crippen molar-refractivity contribution < 1.29 is 9.53 Å². The first-order valence-corrected chi connectivity index (χ1v) is 9.13. The Morgan fingerprint density at radius 1 is 0.815 bits per heavy atom. The minimum atomic E-state index is -0.206. The van der Waals surface area contributed by atoms with E-state index in [4.69, 9.17) is 4.74 Å². The molecule has 0 aliphatic heterocycles. The van der Waals surface area contributed by atoms with E-state index in [1.165, 1.54) is 5.56 Å². The molecule has 0 aliphatic carbocycles. The lowest BCUT2D eigenvalue weighted by Gasteiger charge is -2.20. The number of hydrogen-bond donors (Lipinski definition) is 1. The largest absolute Gasteiger partial charge is 0.484 e. The van der Waals surface area contributed by atoms with Gasteiger partial charge in [-0.05, 0) is 55.2 Å². The summed E-state index contributed by atoms with van der Waals surface area (Å²) in [4.78, 5) is 12.6. The molecule has 0 saturated carbocycles. The molecule has 0 aliphatic rings. The summed E-state index contributed by atoms with van der Waals surface area (Å²) in [5.74, 6) is 0.567. The van der Waals surface area contributed by atoms with Crippen molar-refractivity contribution in [3.05, 3.63) is 101 Å². The second kappa shape index (κ2) is 8.54. The van der Waals surface area contributed by atoms with E-state index in [0.29, 0.717) is 5.75 Å². The van der Waals surface area contributed by atoms with Crippen LogP contribution in [-0.2, 0) is 4.79 Å². The minimum absolute atomic E-state index is 0.0158. The summed E-state index contributed by atoms with van der Waals surface area (Å²) in [5, 5.41) is 3.10. The number of aryl methyl sites for hydroxylation is 3. The summed E-state index contributed by atoms with van der Waals surface area (Å²) in [6, 6.07) is 24.0. The molecule has 3 aromatic rings. The molecule has 0 radical (unpaired) electrons. The molecular weight excluding hydrogens is 334 g/mol. The van der Waals surface area contributed by atoms with Gasteiger partial charge in [0, 0.05) is 0 Å². The fourth-order valence-corrected chi connectivity index (χ4v) is 3.13. The molecule has 0 saturated heterocycles. The number of carbonyl (C=O) groups is 1. The Morgan fingerprint density at radius 2 is 1.41 bits per heavy atom. The Hall–Kier alpha value is -3.07. The summed E-state index contributed by atoms with van der Waals surface area (Å²) in [6.07, 6.45) is 0. The van der Waals surface area contributed by atoms with E-state index in [-0.39, 0.29) is 18.6 Å². The predicted molar refractivity (Wildman–Crippen MR) is 109 cm³/mol. The van der Waals surface area contributed by atoms with Gasteiger partial charge in [-0.2, -0.15) is 0 Å². The van der Waals surface area contributed by atoms with Crippen molar-refractivity contribution in [1.82, 2.24) is 5.32 Å². The Morgan fingerprint density at radius 3 is 2.04 bits per heavy atom. The van der Waals surface area contributed by atoms with Crippen molar-refractivity contribution in [2.75, 3.05) is 6.61 Å². The molecule has 3 heteroatoms. The fourth-order valence-electron chi connectivity index (χ4n) is 3.13. The zero-order valence-corrected chi connectivity index (χ0v) is 16.0. The van der Waals surface area contributed by atoms with Gasteiger partial charge in [0.1, 0.15) is 5.75 Å². The van der Waals surface area contributed by atoms with Crippen LogP contribution in [0, 0.1) is 20.8 Å².